The number of ether oxygens (including phenoxy) is 2. The number of hydrogen-bond donors (Lipinski definition) is 2. The van der Waals surface area contributed by atoms with Gasteiger partial charge in [-0.3, -0.25) is 9.59 Å². The van der Waals surface area contributed by atoms with Gasteiger partial charge in [-0.05, 0) is 147 Å². The van der Waals surface area contributed by atoms with Crippen LogP contribution in [0.4, 0.5) is 0 Å². The third kappa shape index (κ3) is 7.62. The minimum atomic E-state index is 0.171. The highest BCUT2D eigenvalue weighted by molar-refractivity contribution is 5.79. The van der Waals surface area contributed by atoms with Crippen molar-refractivity contribution in [3.05, 3.63) is 0 Å². The standard InChI is InChI=1S/C36H60N2O4/c1-23(39)24-7-8-26-20-28(10-9-25(26)19-24)36(40)38-30-13-17-31(18-14-30)41-33-21-27-5-3-4-6-34(27)35(22-33)42-32-15-11-29(37-2)12-16-32/h24-35,37H,3-22H2,1-2H3,(H,38,40). The van der Waals surface area contributed by atoms with Crippen LogP contribution in [0.3, 0.4) is 0 Å². The van der Waals surface area contributed by atoms with Gasteiger partial charge in [0.25, 0.3) is 0 Å². The van der Waals surface area contributed by atoms with Crippen LogP contribution < -0.4 is 10.6 Å². The molecule has 0 saturated heterocycles. The number of hydrogen-bond acceptors (Lipinski definition) is 5. The van der Waals surface area contributed by atoms with Crippen molar-refractivity contribution in [1.82, 2.24) is 10.6 Å². The fraction of sp³-hybridized carbons (Fsp3) is 0.944. The number of fused-ring (bicyclic) bond motifs is 2. The van der Waals surface area contributed by atoms with E-state index in [9.17, 15) is 9.59 Å². The summed E-state index contributed by atoms with van der Waals surface area (Å²) in [5, 5.41) is 6.92. The second-order valence-corrected chi connectivity index (χ2v) is 15.5. The lowest BCUT2D eigenvalue weighted by atomic mass is 9.64. The van der Waals surface area contributed by atoms with E-state index in [1.165, 1.54) is 57.8 Å². The summed E-state index contributed by atoms with van der Waals surface area (Å²) < 4.78 is 13.8. The van der Waals surface area contributed by atoms with E-state index in [4.69, 9.17) is 9.47 Å². The van der Waals surface area contributed by atoms with Crippen LogP contribution in [-0.2, 0) is 19.1 Å². The summed E-state index contributed by atoms with van der Waals surface area (Å²) in [5.41, 5.74) is 0. The maximum absolute atomic E-state index is 13.3. The van der Waals surface area contributed by atoms with Crippen LogP contribution in [0.25, 0.3) is 0 Å². The van der Waals surface area contributed by atoms with Gasteiger partial charge in [-0.15, -0.1) is 0 Å². The van der Waals surface area contributed by atoms with Crippen LogP contribution in [0, 0.1) is 35.5 Å². The lowest BCUT2D eigenvalue weighted by Crippen LogP contribution is -2.47. The van der Waals surface area contributed by atoms with Crippen molar-refractivity contribution in [2.75, 3.05) is 7.05 Å². The van der Waals surface area contributed by atoms with E-state index < -0.39 is 0 Å². The Hall–Kier alpha value is -0.980. The van der Waals surface area contributed by atoms with Crippen molar-refractivity contribution in [1.29, 1.82) is 0 Å². The van der Waals surface area contributed by atoms with Gasteiger partial charge in [0.1, 0.15) is 5.78 Å². The molecule has 8 atom stereocenters. The maximum Gasteiger partial charge on any atom is 0.223 e. The summed E-state index contributed by atoms with van der Waals surface area (Å²) in [6.45, 7) is 1.76. The van der Waals surface area contributed by atoms with Crippen molar-refractivity contribution in [2.45, 2.75) is 172 Å². The van der Waals surface area contributed by atoms with E-state index in [0.29, 0.717) is 60.0 Å². The molecule has 42 heavy (non-hydrogen) atoms. The highest BCUT2D eigenvalue weighted by Gasteiger charge is 2.43. The van der Waals surface area contributed by atoms with Crippen molar-refractivity contribution >= 4 is 11.7 Å². The topological polar surface area (TPSA) is 76.7 Å². The molecule has 6 rings (SSSR count). The Morgan fingerprint density at radius 2 is 1.19 bits per heavy atom. The van der Waals surface area contributed by atoms with Gasteiger partial charge < -0.3 is 20.1 Å². The molecule has 0 aromatic carbocycles. The Morgan fingerprint density at radius 3 is 1.88 bits per heavy atom. The molecular formula is C36H60N2O4. The number of carbonyl (C=O) groups is 2. The first-order valence-electron chi connectivity index (χ1n) is 18.2. The van der Waals surface area contributed by atoms with E-state index in [0.717, 1.165) is 82.5 Å². The molecule has 0 radical (unpaired) electrons. The molecule has 6 aliphatic rings. The van der Waals surface area contributed by atoms with Gasteiger partial charge in [0.15, 0.2) is 0 Å². The minimum absolute atomic E-state index is 0.171. The Kier molecular flexibility index (Phi) is 10.6. The summed E-state index contributed by atoms with van der Waals surface area (Å²) in [5.74, 6) is 3.93. The number of carbonyl (C=O) groups excluding carboxylic acids is 2. The molecule has 0 aromatic rings. The molecule has 6 fully saturated rings. The molecule has 0 aromatic heterocycles. The zero-order valence-electron chi connectivity index (χ0n) is 26.7. The van der Waals surface area contributed by atoms with Gasteiger partial charge in [-0.25, -0.2) is 0 Å². The summed E-state index contributed by atoms with van der Waals surface area (Å²) in [6.07, 6.45) is 24.7. The number of ketones is 1. The third-order valence-corrected chi connectivity index (χ3v) is 12.9. The van der Waals surface area contributed by atoms with E-state index in [1.54, 1.807) is 6.92 Å². The Balaban J connectivity index is 0.938. The van der Waals surface area contributed by atoms with Gasteiger partial charge in [-0.2, -0.15) is 0 Å². The van der Waals surface area contributed by atoms with Crippen LogP contribution in [0.1, 0.15) is 135 Å². The minimum Gasteiger partial charge on any atom is -0.375 e. The van der Waals surface area contributed by atoms with Gasteiger partial charge in [-0.1, -0.05) is 12.8 Å². The lowest BCUT2D eigenvalue weighted by molar-refractivity contribution is -0.148. The second-order valence-electron chi connectivity index (χ2n) is 15.5. The highest BCUT2D eigenvalue weighted by atomic mass is 16.5. The molecule has 0 spiro atoms. The molecule has 2 N–H and O–H groups in total. The Labute approximate surface area is 255 Å². The third-order valence-electron chi connectivity index (χ3n) is 12.9. The number of amides is 1. The SMILES string of the molecule is CNC1CCC(OC2CC(OC3CCC(NC(=O)C4CCC5CC(C(C)=O)CCC5C4)CC3)CC3CCCCC32)CC1. The normalized spacial score (nSPS) is 44.4. The molecule has 0 heterocycles. The quantitative estimate of drug-likeness (QED) is 0.331. The van der Waals surface area contributed by atoms with Crippen LogP contribution in [0.2, 0.25) is 0 Å². The Morgan fingerprint density at radius 1 is 0.571 bits per heavy atom. The Bertz CT molecular complexity index is 895. The molecule has 0 bridgehead atoms. The summed E-state index contributed by atoms with van der Waals surface area (Å²) >= 11 is 0. The van der Waals surface area contributed by atoms with Crippen molar-refractivity contribution in [3.63, 3.8) is 0 Å². The monoisotopic (exact) mass is 584 g/mol. The zero-order chi connectivity index (χ0) is 29.1. The fourth-order valence-electron chi connectivity index (χ4n) is 10.3. The van der Waals surface area contributed by atoms with Crippen LogP contribution in [0.15, 0.2) is 0 Å². The molecule has 1 amide bonds. The van der Waals surface area contributed by atoms with Crippen LogP contribution in [0.5, 0.6) is 0 Å². The van der Waals surface area contributed by atoms with Crippen molar-refractivity contribution < 1.29 is 19.1 Å². The van der Waals surface area contributed by atoms with Crippen molar-refractivity contribution in [3.8, 4) is 0 Å². The smallest absolute Gasteiger partial charge is 0.223 e. The molecule has 6 nitrogen and oxygen atoms in total. The molecule has 0 aliphatic heterocycles. The predicted octanol–water partition coefficient (Wildman–Crippen LogP) is 6.74. The van der Waals surface area contributed by atoms with Gasteiger partial charge in [0.2, 0.25) is 5.91 Å². The molecular weight excluding hydrogens is 524 g/mol. The average Bonchev–Trinajstić information content (AvgIpc) is 3.02. The van der Waals surface area contributed by atoms with Gasteiger partial charge in [0.05, 0.1) is 24.4 Å². The first-order valence-corrected chi connectivity index (χ1v) is 18.2. The first kappa shape index (κ1) is 31.0. The largest absolute Gasteiger partial charge is 0.375 e. The lowest BCUT2D eigenvalue weighted by Gasteiger charge is -2.46. The summed E-state index contributed by atoms with van der Waals surface area (Å²) in [4.78, 5) is 25.2. The molecule has 6 aliphatic carbocycles. The maximum atomic E-state index is 13.3. The first-order chi connectivity index (χ1) is 20.4. The highest BCUT2D eigenvalue weighted by Crippen LogP contribution is 2.46. The van der Waals surface area contributed by atoms with E-state index in [-0.39, 0.29) is 11.8 Å². The average molecular weight is 585 g/mol. The van der Waals surface area contributed by atoms with E-state index in [2.05, 4.69) is 17.7 Å². The van der Waals surface area contributed by atoms with E-state index >= 15 is 0 Å². The van der Waals surface area contributed by atoms with Gasteiger partial charge in [0, 0.05) is 30.3 Å². The molecule has 238 valence electrons. The molecule has 8 unspecified atom stereocenters. The summed E-state index contributed by atoms with van der Waals surface area (Å²) in [7, 11) is 2.09. The number of rotatable bonds is 8. The van der Waals surface area contributed by atoms with Gasteiger partial charge >= 0.3 is 0 Å². The number of Topliss-reactive ketones (excluding diaryl/α,β-unsaturated/α-hetero) is 1. The molecule has 6 saturated carbocycles. The second kappa shape index (κ2) is 14.4. The number of nitrogens with one attached hydrogen (secondary N) is 2. The van der Waals surface area contributed by atoms with E-state index in [1.807, 2.05) is 0 Å². The summed E-state index contributed by atoms with van der Waals surface area (Å²) in [6, 6.07) is 0.977. The van der Waals surface area contributed by atoms with Crippen LogP contribution >= 0.6 is 0 Å². The zero-order valence-corrected chi connectivity index (χ0v) is 26.7. The molecule has 6 heteroatoms. The van der Waals surface area contributed by atoms with Crippen LogP contribution in [-0.4, -0.2) is 55.2 Å². The predicted molar refractivity (Wildman–Crippen MR) is 166 cm³/mol. The fourth-order valence-corrected chi connectivity index (χ4v) is 10.3. The van der Waals surface area contributed by atoms with Crippen molar-refractivity contribution in [2.24, 2.45) is 35.5 Å².